The lowest BCUT2D eigenvalue weighted by Gasteiger charge is -2.28. The summed E-state index contributed by atoms with van der Waals surface area (Å²) >= 11 is 3.49. The van der Waals surface area contributed by atoms with Gasteiger partial charge in [0.2, 0.25) is 0 Å². The summed E-state index contributed by atoms with van der Waals surface area (Å²) in [6.07, 6.45) is 8.70. The largest absolute Gasteiger partial charge is 0.381 e. The van der Waals surface area contributed by atoms with E-state index in [1.54, 1.807) is 0 Å². The quantitative estimate of drug-likeness (QED) is 0.907. The number of hydrogen-bond acceptors (Lipinski definition) is 3. The van der Waals surface area contributed by atoms with Crippen molar-refractivity contribution in [2.45, 2.75) is 31.7 Å². The highest BCUT2D eigenvalue weighted by atomic mass is 79.9. The molecule has 1 aromatic rings. The molecule has 1 aliphatic carbocycles. The Morgan fingerprint density at radius 2 is 2.33 bits per heavy atom. The van der Waals surface area contributed by atoms with Crippen LogP contribution in [-0.4, -0.2) is 30.8 Å². The number of ether oxygens (including phenoxy) is 1. The first-order valence-corrected chi connectivity index (χ1v) is 7.46. The van der Waals surface area contributed by atoms with Crippen LogP contribution in [0.1, 0.15) is 24.8 Å². The van der Waals surface area contributed by atoms with Crippen molar-refractivity contribution in [3.8, 4) is 0 Å². The van der Waals surface area contributed by atoms with E-state index in [2.05, 4.69) is 32.3 Å². The van der Waals surface area contributed by atoms with Gasteiger partial charge in [-0.05, 0) is 53.2 Å². The molecule has 0 radical (unpaired) electrons. The van der Waals surface area contributed by atoms with Crippen molar-refractivity contribution in [2.24, 2.45) is 5.41 Å². The van der Waals surface area contributed by atoms with Crippen molar-refractivity contribution in [1.29, 1.82) is 0 Å². The van der Waals surface area contributed by atoms with Gasteiger partial charge in [0, 0.05) is 41.5 Å². The van der Waals surface area contributed by atoms with Crippen LogP contribution in [0.3, 0.4) is 0 Å². The van der Waals surface area contributed by atoms with Gasteiger partial charge in [0.25, 0.3) is 0 Å². The Bertz CT molecular complexity index is 414. The van der Waals surface area contributed by atoms with Gasteiger partial charge in [-0.25, -0.2) is 0 Å². The average molecular weight is 311 g/mol. The Morgan fingerprint density at radius 3 is 3.00 bits per heavy atom. The van der Waals surface area contributed by atoms with E-state index in [4.69, 9.17) is 4.74 Å². The number of pyridine rings is 1. The molecular formula is C14H19BrN2O. The number of aromatic nitrogens is 1. The lowest BCUT2D eigenvalue weighted by Crippen LogP contribution is -2.37. The standard InChI is InChI=1S/C14H19BrN2O/c15-12-5-11(7-16-8-12)6-14(3-4-18-10-14)9-17-13-1-2-13/h5,7-8,13,17H,1-4,6,9-10H2. The number of rotatable bonds is 5. The molecule has 1 aliphatic heterocycles. The Hall–Kier alpha value is -0.450. The molecule has 0 spiro atoms. The minimum absolute atomic E-state index is 0.269. The third-order valence-electron chi connectivity index (χ3n) is 3.87. The summed E-state index contributed by atoms with van der Waals surface area (Å²) in [5.41, 5.74) is 1.57. The van der Waals surface area contributed by atoms with Crippen LogP contribution in [0.4, 0.5) is 0 Å². The van der Waals surface area contributed by atoms with Crippen LogP contribution in [0.25, 0.3) is 0 Å². The average Bonchev–Trinajstić information content (AvgIpc) is 3.08. The molecule has 3 rings (SSSR count). The molecular weight excluding hydrogens is 292 g/mol. The summed E-state index contributed by atoms with van der Waals surface area (Å²) in [6, 6.07) is 2.94. The van der Waals surface area contributed by atoms with Crippen molar-refractivity contribution in [1.82, 2.24) is 10.3 Å². The first-order valence-electron chi connectivity index (χ1n) is 6.66. The van der Waals surface area contributed by atoms with Crippen molar-refractivity contribution in [2.75, 3.05) is 19.8 Å². The van der Waals surface area contributed by atoms with Gasteiger partial charge >= 0.3 is 0 Å². The molecule has 98 valence electrons. The minimum atomic E-state index is 0.269. The predicted octanol–water partition coefficient (Wildman–Crippen LogP) is 2.55. The van der Waals surface area contributed by atoms with Crippen LogP contribution < -0.4 is 5.32 Å². The molecule has 1 unspecified atom stereocenters. The lowest BCUT2D eigenvalue weighted by molar-refractivity contribution is 0.149. The Labute approximate surface area is 116 Å². The van der Waals surface area contributed by atoms with Crippen LogP contribution in [-0.2, 0) is 11.2 Å². The molecule has 4 heteroatoms. The molecule has 1 saturated carbocycles. The van der Waals surface area contributed by atoms with Crippen molar-refractivity contribution in [3.05, 3.63) is 28.5 Å². The van der Waals surface area contributed by atoms with Crippen LogP contribution >= 0.6 is 15.9 Å². The summed E-state index contributed by atoms with van der Waals surface area (Å²) in [5, 5.41) is 3.66. The van der Waals surface area contributed by atoms with Crippen LogP contribution in [0.5, 0.6) is 0 Å². The van der Waals surface area contributed by atoms with Gasteiger partial charge < -0.3 is 10.1 Å². The summed E-state index contributed by atoms with van der Waals surface area (Å²) in [5.74, 6) is 0. The molecule has 0 aromatic carbocycles. The van der Waals surface area contributed by atoms with Gasteiger partial charge in [0.15, 0.2) is 0 Å². The summed E-state index contributed by atoms with van der Waals surface area (Å²) in [4.78, 5) is 4.26. The van der Waals surface area contributed by atoms with E-state index in [1.165, 1.54) is 18.4 Å². The molecule has 1 aromatic heterocycles. The maximum absolute atomic E-state index is 5.64. The molecule has 3 nitrogen and oxygen atoms in total. The first-order chi connectivity index (χ1) is 8.76. The molecule has 0 bridgehead atoms. The van der Waals surface area contributed by atoms with Gasteiger partial charge in [-0.3, -0.25) is 4.98 Å². The maximum atomic E-state index is 5.64. The highest BCUT2D eigenvalue weighted by molar-refractivity contribution is 9.10. The minimum Gasteiger partial charge on any atom is -0.381 e. The van der Waals surface area contributed by atoms with E-state index < -0.39 is 0 Å². The van der Waals surface area contributed by atoms with Crippen LogP contribution in [0.15, 0.2) is 22.9 Å². The Balaban J connectivity index is 1.68. The molecule has 2 aliphatic rings. The Kier molecular flexibility index (Phi) is 3.68. The SMILES string of the molecule is Brc1cncc(CC2(CNC3CC3)CCOC2)c1. The first kappa shape index (κ1) is 12.6. The summed E-state index contributed by atoms with van der Waals surface area (Å²) in [7, 11) is 0. The molecule has 1 N–H and O–H groups in total. The van der Waals surface area contributed by atoms with E-state index in [-0.39, 0.29) is 5.41 Å². The van der Waals surface area contributed by atoms with E-state index in [9.17, 15) is 0 Å². The number of hydrogen-bond donors (Lipinski definition) is 1. The van der Waals surface area contributed by atoms with E-state index in [0.29, 0.717) is 0 Å². The lowest BCUT2D eigenvalue weighted by atomic mass is 9.81. The molecule has 18 heavy (non-hydrogen) atoms. The number of nitrogens with one attached hydrogen (secondary N) is 1. The van der Waals surface area contributed by atoms with Gasteiger partial charge in [-0.1, -0.05) is 0 Å². The fourth-order valence-corrected chi connectivity index (χ4v) is 3.04. The van der Waals surface area contributed by atoms with E-state index in [1.807, 2.05) is 12.4 Å². The van der Waals surface area contributed by atoms with E-state index >= 15 is 0 Å². The van der Waals surface area contributed by atoms with Gasteiger partial charge in [-0.2, -0.15) is 0 Å². The fraction of sp³-hybridized carbons (Fsp3) is 0.643. The van der Waals surface area contributed by atoms with Crippen molar-refractivity contribution >= 4 is 15.9 Å². The highest BCUT2D eigenvalue weighted by Gasteiger charge is 2.36. The molecule has 2 heterocycles. The second kappa shape index (κ2) is 5.27. The monoisotopic (exact) mass is 310 g/mol. The number of nitrogens with zero attached hydrogens (tertiary/aromatic N) is 1. The fourth-order valence-electron chi connectivity index (χ4n) is 2.62. The zero-order valence-electron chi connectivity index (χ0n) is 10.5. The maximum Gasteiger partial charge on any atom is 0.0538 e. The second-order valence-corrected chi connectivity index (χ2v) is 6.56. The second-order valence-electron chi connectivity index (χ2n) is 5.65. The molecule has 0 amide bonds. The van der Waals surface area contributed by atoms with E-state index in [0.717, 1.165) is 43.1 Å². The zero-order chi connectivity index (χ0) is 12.4. The Morgan fingerprint density at radius 1 is 1.44 bits per heavy atom. The molecule has 1 atom stereocenters. The normalized spacial score (nSPS) is 27.6. The zero-order valence-corrected chi connectivity index (χ0v) is 12.1. The van der Waals surface area contributed by atoms with Crippen LogP contribution in [0, 0.1) is 5.41 Å². The van der Waals surface area contributed by atoms with Gasteiger partial charge in [0.05, 0.1) is 6.61 Å². The molecule has 2 fully saturated rings. The van der Waals surface area contributed by atoms with Crippen molar-refractivity contribution < 1.29 is 4.74 Å². The predicted molar refractivity (Wildman–Crippen MR) is 74.5 cm³/mol. The summed E-state index contributed by atoms with van der Waals surface area (Å²) < 4.78 is 6.70. The highest BCUT2D eigenvalue weighted by Crippen LogP contribution is 2.33. The molecule has 1 saturated heterocycles. The van der Waals surface area contributed by atoms with Gasteiger partial charge in [0.1, 0.15) is 0 Å². The van der Waals surface area contributed by atoms with Gasteiger partial charge in [-0.15, -0.1) is 0 Å². The summed E-state index contributed by atoms with van der Waals surface area (Å²) in [6.45, 7) is 2.84. The van der Waals surface area contributed by atoms with Crippen molar-refractivity contribution in [3.63, 3.8) is 0 Å². The van der Waals surface area contributed by atoms with Crippen LogP contribution in [0.2, 0.25) is 0 Å². The topological polar surface area (TPSA) is 34.2 Å². The smallest absolute Gasteiger partial charge is 0.0538 e. The third-order valence-corrected chi connectivity index (χ3v) is 4.30. The third kappa shape index (κ3) is 3.11. The number of halogens is 1.